The van der Waals surface area contributed by atoms with Crippen LogP contribution in [0.4, 0.5) is 5.69 Å². The number of nitro benzene ring substituents is 1. The van der Waals surface area contributed by atoms with E-state index >= 15 is 0 Å². The second kappa shape index (κ2) is 5.61. The van der Waals surface area contributed by atoms with Crippen molar-refractivity contribution in [2.45, 2.75) is 20.3 Å². The van der Waals surface area contributed by atoms with E-state index in [1.54, 1.807) is 19.2 Å². The van der Waals surface area contributed by atoms with E-state index in [2.05, 4.69) is 4.98 Å². The average Bonchev–Trinajstić information content (AvgIpc) is 2.40. The van der Waals surface area contributed by atoms with E-state index in [9.17, 15) is 14.9 Å². The number of pyridine rings is 1. The second-order valence-corrected chi connectivity index (χ2v) is 4.63. The minimum Gasteiger partial charge on any atom is -0.294 e. The van der Waals surface area contributed by atoms with Crippen LogP contribution in [-0.2, 0) is 6.42 Å². The number of aryl methyl sites for hydroxylation is 2. The van der Waals surface area contributed by atoms with Crippen LogP contribution in [0.25, 0.3) is 0 Å². The first kappa shape index (κ1) is 13.9. The summed E-state index contributed by atoms with van der Waals surface area (Å²) in [7, 11) is 0. The topological polar surface area (TPSA) is 73.1 Å². The number of carbonyl (C=O) groups is 1. The van der Waals surface area contributed by atoms with Crippen LogP contribution in [0.3, 0.4) is 0 Å². The van der Waals surface area contributed by atoms with E-state index in [0.717, 1.165) is 11.3 Å². The summed E-state index contributed by atoms with van der Waals surface area (Å²) in [5.41, 5.74) is 2.67. The van der Waals surface area contributed by atoms with E-state index in [1.807, 2.05) is 19.1 Å². The molecule has 1 aromatic carbocycles. The summed E-state index contributed by atoms with van der Waals surface area (Å²) >= 11 is 0. The Balaban J connectivity index is 2.24. The first-order valence-electron chi connectivity index (χ1n) is 6.18. The molecular weight excluding hydrogens is 256 g/mol. The number of rotatable bonds is 4. The number of carbonyl (C=O) groups excluding carboxylic acids is 1. The van der Waals surface area contributed by atoms with Crippen molar-refractivity contribution in [1.29, 1.82) is 0 Å². The number of nitro groups is 1. The zero-order valence-electron chi connectivity index (χ0n) is 11.3. The van der Waals surface area contributed by atoms with Crippen molar-refractivity contribution in [2.75, 3.05) is 0 Å². The van der Waals surface area contributed by atoms with Crippen LogP contribution in [0.15, 0.2) is 36.5 Å². The minimum atomic E-state index is -0.452. The Kier molecular flexibility index (Phi) is 3.89. The van der Waals surface area contributed by atoms with Crippen molar-refractivity contribution in [3.8, 4) is 0 Å². The molecule has 5 nitrogen and oxygen atoms in total. The summed E-state index contributed by atoms with van der Waals surface area (Å²) in [6.45, 7) is 3.53. The largest absolute Gasteiger partial charge is 0.294 e. The van der Waals surface area contributed by atoms with Crippen LogP contribution in [0, 0.1) is 24.0 Å². The summed E-state index contributed by atoms with van der Waals surface area (Å²) in [5.74, 6) is -0.0928. The van der Waals surface area contributed by atoms with E-state index in [-0.39, 0.29) is 17.9 Å². The van der Waals surface area contributed by atoms with Gasteiger partial charge in [0.2, 0.25) is 0 Å². The first-order chi connectivity index (χ1) is 9.49. The minimum absolute atomic E-state index is 0.0237. The van der Waals surface area contributed by atoms with E-state index in [4.69, 9.17) is 0 Å². The molecule has 2 rings (SSSR count). The lowest BCUT2D eigenvalue weighted by Crippen LogP contribution is -2.07. The van der Waals surface area contributed by atoms with Crippen LogP contribution in [-0.4, -0.2) is 15.7 Å². The number of aromatic nitrogens is 1. The molecule has 0 saturated heterocycles. The van der Waals surface area contributed by atoms with Crippen LogP contribution in [0.5, 0.6) is 0 Å². The molecule has 20 heavy (non-hydrogen) atoms. The number of nitrogens with zero attached hydrogens (tertiary/aromatic N) is 2. The van der Waals surface area contributed by atoms with Crippen molar-refractivity contribution in [2.24, 2.45) is 0 Å². The number of Topliss-reactive ketones (excluding diaryl/α,β-unsaturated/α-hetero) is 1. The van der Waals surface area contributed by atoms with E-state index in [1.165, 1.54) is 12.1 Å². The maximum Gasteiger partial charge on any atom is 0.272 e. The van der Waals surface area contributed by atoms with Gasteiger partial charge in [0.25, 0.3) is 5.69 Å². The molecule has 0 saturated carbocycles. The summed E-state index contributed by atoms with van der Waals surface area (Å²) < 4.78 is 0. The normalized spacial score (nSPS) is 10.3. The number of hydrogen-bond acceptors (Lipinski definition) is 4. The highest BCUT2D eigenvalue weighted by molar-refractivity contribution is 5.97. The molecule has 0 bridgehead atoms. The van der Waals surface area contributed by atoms with Gasteiger partial charge in [-0.3, -0.25) is 19.9 Å². The third-order valence-corrected chi connectivity index (χ3v) is 3.16. The molecule has 2 aromatic rings. The Labute approximate surface area is 116 Å². The quantitative estimate of drug-likeness (QED) is 0.486. The maximum atomic E-state index is 12.2. The zero-order chi connectivity index (χ0) is 14.7. The van der Waals surface area contributed by atoms with Crippen LogP contribution >= 0.6 is 0 Å². The Morgan fingerprint density at radius 1 is 1.25 bits per heavy atom. The monoisotopic (exact) mass is 270 g/mol. The lowest BCUT2D eigenvalue weighted by Gasteiger charge is -2.05. The smallest absolute Gasteiger partial charge is 0.272 e. The predicted molar refractivity (Wildman–Crippen MR) is 74.8 cm³/mol. The summed E-state index contributed by atoms with van der Waals surface area (Å²) in [6.07, 6.45) is 1.85. The molecule has 0 aliphatic heterocycles. The van der Waals surface area contributed by atoms with Crippen LogP contribution in [0.1, 0.15) is 27.2 Å². The van der Waals surface area contributed by atoms with E-state index in [0.29, 0.717) is 11.1 Å². The molecule has 102 valence electrons. The van der Waals surface area contributed by atoms with Gasteiger partial charge < -0.3 is 0 Å². The molecule has 0 amide bonds. The zero-order valence-corrected chi connectivity index (χ0v) is 11.3. The van der Waals surface area contributed by atoms with Gasteiger partial charge in [-0.15, -0.1) is 0 Å². The predicted octanol–water partition coefficient (Wildman–Crippen LogP) is 3.03. The second-order valence-electron chi connectivity index (χ2n) is 4.63. The van der Waals surface area contributed by atoms with Gasteiger partial charge in [-0.2, -0.15) is 0 Å². The molecular formula is C15H14N2O3. The van der Waals surface area contributed by atoms with Gasteiger partial charge >= 0.3 is 0 Å². The molecule has 0 spiro atoms. The summed E-state index contributed by atoms with van der Waals surface area (Å²) in [6, 6.07) is 8.13. The maximum absolute atomic E-state index is 12.2. The number of benzene rings is 1. The van der Waals surface area contributed by atoms with Gasteiger partial charge in [0.1, 0.15) is 0 Å². The molecule has 0 radical (unpaired) electrons. The lowest BCUT2D eigenvalue weighted by atomic mass is 10.0. The lowest BCUT2D eigenvalue weighted by molar-refractivity contribution is -0.385. The molecule has 1 heterocycles. The van der Waals surface area contributed by atoms with Gasteiger partial charge in [-0.1, -0.05) is 6.07 Å². The summed E-state index contributed by atoms with van der Waals surface area (Å²) in [4.78, 5) is 26.7. The third kappa shape index (κ3) is 2.88. The fraction of sp³-hybridized carbons (Fsp3) is 0.200. The van der Waals surface area contributed by atoms with Crippen molar-refractivity contribution in [1.82, 2.24) is 4.98 Å². The van der Waals surface area contributed by atoms with Gasteiger partial charge in [0.15, 0.2) is 5.78 Å². The third-order valence-electron chi connectivity index (χ3n) is 3.16. The molecule has 1 aromatic heterocycles. The van der Waals surface area contributed by atoms with Crippen LogP contribution in [0.2, 0.25) is 0 Å². The first-order valence-corrected chi connectivity index (χ1v) is 6.18. The van der Waals surface area contributed by atoms with Gasteiger partial charge in [0.05, 0.1) is 17.0 Å². The SMILES string of the molecule is Cc1cc(C(=O)Cc2ncccc2C)ccc1[N+](=O)[O-]. The molecule has 5 heteroatoms. The van der Waals surface area contributed by atoms with Crippen molar-refractivity contribution >= 4 is 11.5 Å². The van der Waals surface area contributed by atoms with Gasteiger partial charge in [0, 0.05) is 23.4 Å². The standard InChI is InChI=1S/C15H14N2O3/c1-10-4-3-7-16-13(10)9-15(18)12-5-6-14(17(19)20)11(2)8-12/h3-8H,9H2,1-2H3. The van der Waals surface area contributed by atoms with Crippen LogP contribution < -0.4 is 0 Å². The average molecular weight is 270 g/mol. The number of ketones is 1. The fourth-order valence-electron chi connectivity index (χ4n) is 1.99. The highest BCUT2D eigenvalue weighted by Gasteiger charge is 2.15. The molecule has 0 atom stereocenters. The molecule has 0 unspecified atom stereocenters. The highest BCUT2D eigenvalue weighted by Crippen LogP contribution is 2.20. The van der Waals surface area contributed by atoms with Gasteiger partial charge in [-0.05, 0) is 37.6 Å². The Morgan fingerprint density at radius 3 is 2.60 bits per heavy atom. The van der Waals surface area contributed by atoms with Crippen molar-refractivity contribution in [3.05, 3.63) is 69.0 Å². The molecule has 0 fully saturated rings. The Hall–Kier alpha value is -2.56. The van der Waals surface area contributed by atoms with E-state index < -0.39 is 4.92 Å². The van der Waals surface area contributed by atoms with Gasteiger partial charge in [-0.25, -0.2) is 0 Å². The van der Waals surface area contributed by atoms with Crippen molar-refractivity contribution in [3.63, 3.8) is 0 Å². The Morgan fingerprint density at radius 2 is 2.00 bits per heavy atom. The number of hydrogen-bond donors (Lipinski definition) is 0. The fourth-order valence-corrected chi connectivity index (χ4v) is 1.99. The molecule has 0 aliphatic rings. The molecule has 0 aliphatic carbocycles. The Bertz CT molecular complexity index is 681. The summed E-state index contributed by atoms with van der Waals surface area (Å²) in [5, 5.41) is 10.7. The van der Waals surface area contributed by atoms with Crippen molar-refractivity contribution < 1.29 is 9.72 Å². The molecule has 0 N–H and O–H groups in total. The highest BCUT2D eigenvalue weighted by atomic mass is 16.6.